The molecular weight excluding hydrogens is 398 g/mol. The number of fused-ring (bicyclic) bond motifs is 1. The summed E-state index contributed by atoms with van der Waals surface area (Å²) in [6.07, 6.45) is 3.43. The van der Waals surface area contributed by atoms with Gasteiger partial charge in [-0.05, 0) is 23.6 Å². The van der Waals surface area contributed by atoms with Crippen LogP contribution in [0.15, 0.2) is 72.1 Å². The number of pyridine rings is 1. The monoisotopic (exact) mass is 419 g/mol. The fraction of sp³-hybridized carbons (Fsp3) is 0.182. The minimum Gasteiger partial charge on any atom is -0.383 e. The minimum absolute atomic E-state index is 0.0943. The molecule has 2 aromatic heterocycles. The third-order valence-corrected chi connectivity index (χ3v) is 5.54. The Labute approximate surface area is 178 Å². The van der Waals surface area contributed by atoms with Crippen molar-refractivity contribution in [3.05, 3.63) is 67.0 Å². The maximum absolute atomic E-state index is 12.6. The Kier molecular flexibility index (Phi) is 6.36. The fourth-order valence-electron chi connectivity index (χ4n) is 3.14. The number of methoxy groups -OCH3 is 1. The SMILES string of the molecule is COCCn1c(SCC(=O)Nc2cccc3ccccc23)nnc1-c1ccncc1. The molecule has 1 amide bonds. The second kappa shape index (κ2) is 9.51. The molecule has 0 atom stereocenters. The number of nitrogens with zero attached hydrogens (tertiary/aromatic N) is 4. The second-order valence-electron chi connectivity index (χ2n) is 6.55. The van der Waals surface area contributed by atoms with Crippen molar-refractivity contribution >= 4 is 34.1 Å². The molecule has 0 saturated carbocycles. The normalized spacial score (nSPS) is 11.0. The highest BCUT2D eigenvalue weighted by atomic mass is 32.2. The molecule has 4 aromatic rings. The molecule has 152 valence electrons. The van der Waals surface area contributed by atoms with E-state index in [0.29, 0.717) is 18.3 Å². The number of hydrogen-bond donors (Lipinski definition) is 1. The lowest BCUT2D eigenvalue weighted by Crippen LogP contribution is -2.15. The molecule has 7 nitrogen and oxygen atoms in total. The van der Waals surface area contributed by atoms with Crippen molar-refractivity contribution < 1.29 is 9.53 Å². The van der Waals surface area contributed by atoms with Crippen LogP contribution in [0.2, 0.25) is 0 Å². The van der Waals surface area contributed by atoms with Crippen LogP contribution in [0.5, 0.6) is 0 Å². The number of benzene rings is 2. The first-order valence-electron chi connectivity index (χ1n) is 9.49. The molecule has 0 aliphatic heterocycles. The second-order valence-corrected chi connectivity index (χ2v) is 7.49. The maximum atomic E-state index is 12.6. The molecule has 8 heteroatoms. The quantitative estimate of drug-likeness (QED) is 0.437. The summed E-state index contributed by atoms with van der Waals surface area (Å²) in [7, 11) is 1.65. The van der Waals surface area contributed by atoms with Gasteiger partial charge in [0.2, 0.25) is 5.91 Å². The predicted octanol–water partition coefficient (Wildman–Crippen LogP) is 3.87. The summed E-state index contributed by atoms with van der Waals surface area (Å²) in [5.41, 5.74) is 1.72. The van der Waals surface area contributed by atoms with Crippen molar-refractivity contribution in [1.82, 2.24) is 19.7 Å². The molecule has 0 saturated heterocycles. The van der Waals surface area contributed by atoms with Gasteiger partial charge >= 0.3 is 0 Å². The van der Waals surface area contributed by atoms with Crippen molar-refractivity contribution in [2.75, 3.05) is 24.8 Å². The summed E-state index contributed by atoms with van der Waals surface area (Å²) in [5, 5.41) is 14.4. The Morgan fingerprint density at radius 3 is 2.70 bits per heavy atom. The van der Waals surface area contributed by atoms with E-state index in [9.17, 15) is 4.79 Å². The highest BCUT2D eigenvalue weighted by Crippen LogP contribution is 2.25. The highest BCUT2D eigenvalue weighted by Gasteiger charge is 2.16. The van der Waals surface area contributed by atoms with E-state index in [1.165, 1.54) is 11.8 Å². The van der Waals surface area contributed by atoms with Crippen molar-refractivity contribution in [3.8, 4) is 11.4 Å². The Morgan fingerprint density at radius 1 is 1.07 bits per heavy atom. The van der Waals surface area contributed by atoms with Crippen LogP contribution in [-0.4, -0.2) is 45.1 Å². The summed E-state index contributed by atoms with van der Waals surface area (Å²) < 4.78 is 7.20. The van der Waals surface area contributed by atoms with E-state index in [2.05, 4.69) is 20.5 Å². The average molecular weight is 420 g/mol. The number of aromatic nitrogens is 4. The molecule has 1 N–H and O–H groups in total. The van der Waals surface area contributed by atoms with Gasteiger partial charge in [-0.3, -0.25) is 14.3 Å². The van der Waals surface area contributed by atoms with Gasteiger partial charge in [0.25, 0.3) is 0 Å². The van der Waals surface area contributed by atoms with E-state index in [1.807, 2.05) is 59.2 Å². The summed E-state index contributed by atoms with van der Waals surface area (Å²) in [6.45, 7) is 1.11. The molecule has 2 heterocycles. The van der Waals surface area contributed by atoms with Crippen LogP contribution in [-0.2, 0) is 16.1 Å². The van der Waals surface area contributed by atoms with Gasteiger partial charge in [-0.2, -0.15) is 0 Å². The van der Waals surface area contributed by atoms with E-state index in [1.54, 1.807) is 19.5 Å². The first-order chi connectivity index (χ1) is 14.8. The van der Waals surface area contributed by atoms with Gasteiger partial charge in [0.05, 0.1) is 18.9 Å². The van der Waals surface area contributed by atoms with E-state index in [-0.39, 0.29) is 11.7 Å². The molecule has 0 unspecified atom stereocenters. The molecule has 0 bridgehead atoms. The average Bonchev–Trinajstić information content (AvgIpc) is 3.20. The Balaban J connectivity index is 1.49. The Morgan fingerprint density at radius 2 is 1.87 bits per heavy atom. The van der Waals surface area contributed by atoms with Crippen LogP contribution in [0, 0.1) is 0 Å². The first kappa shape index (κ1) is 20.1. The van der Waals surface area contributed by atoms with Gasteiger partial charge < -0.3 is 10.1 Å². The third-order valence-electron chi connectivity index (χ3n) is 4.57. The third kappa shape index (κ3) is 4.50. The summed E-state index contributed by atoms with van der Waals surface area (Å²) in [6, 6.07) is 17.6. The molecule has 0 aliphatic rings. The van der Waals surface area contributed by atoms with Crippen LogP contribution < -0.4 is 5.32 Å². The minimum atomic E-state index is -0.0943. The maximum Gasteiger partial charge on any atom is 0.234 e. The molecule has 2 aromatic carbocycles. The van der Waals surface area contributed by atoms with Gasteiger partial charge in [0.1, 0.15) is 0 Å². The standard InChI is InChI=1S/C22H21N5O2S/c1-29-14-13-27-21(17-9-11-23-12-10-17)25-26-22(27)30-15-20(28)24-19-8-4-6-16-5-2-3-7-18(16)19/h2-12H,13-15H2,1H3,(H,24,28). The van der Waals surface area contributed by atoms with Crippen molar-refractivity contribution in [1.29, 1.82) is 0 Å². The van der Waals surface area contributed by atoms with Crippen molar-refractivity contribution in [2.45, 2.75) is 11.7 Å². The number of carbonyl (C=O) groups excluding carboxylic acids is 1. The summed E-state index contributed by atoms with van der Waals surface area (Å²) in [5.74, 6) is 0.861. The molecule has 30 heavy (non-hydrogen) atoms. The number of rotatable bonds is 8. The van der Waals surface area contributed by atoms with Gasteiger partial charge in [-0.15, -0.1) is 10.2 Å². The predicted molar refractivity (Wildman–Crippen MR) is 118 cm³/mol. The van der Waals surface area contributed by atoms with E-state index in [0.717, 1.165) is 27.8 Å². The number of anilines is 1. The van der Waals surface area contributed by atoms with Gasteiger partial charge in [-0.1, -0.05) is 48.2 Å². The van der Waals surface area contributed by atoms with Crippen LogP contribution in [0.25, 0.3) is 22.2 Å². The van der Waals surface area contributed by atoms with Crippen LogP contribution >= 0.6 is 11.8 Å². The lowest BCUT2D eigenvalue weighted by Gasteiger charge is -2.10. The zero-order valence-electron chi connectivity index (χ0n) is 16.5. The molecule has 0 radical (unpaired) electrons. The van der Waals surface area contributed by atoms with E-state index in [4.69, 9.17) is 4.74 Å². The number of carbonyl (C=O) groups is 1. The van der Waals surface area contributed by atoms with Crippen LogP contribution in [0.3, 0.4) is 0 Å². The van der Waals surface area contributed by atoms with E-state index >= 15 is 0 Å². The van der Waals surface area contributed by atoms with Gasteiger partial charge in [-0.25, -0.2) is 0 Å². The van der Waals surface area contributed by atoms with Crippen molar-refractivity contribution in [2.24, 2.45) is 0 Å². The number of nitrogens with one attached hydrogen (secondary N) is 1. The van der Waals surface area contributed by atoms with E-state index < -0.39 is 0 Å². The number of amides is 1. The van der Waals surface area contributed by atoms with Crippen LogP contribution in [0.4, 0.5) is 5.69 Å². The number of hydrogen-bond acceptors (Lipinski definition) is 6. The fourth-order valence-corrected chi connectivity index (χ4v) is 3.91. The Hall–Kier alpha value is -3.23. The zero-order valence-corrected chi connectivity index (χ0v) is 17.3. The molecule has 0 spiro atoms. The lowest BCUT2D eigenvalue weighted by molar-refractivity contribution is -0.113. The topological polar surface area (TPSA) is 81.9 Å². The number of ether oxygens (including phenoxy) is 1. The zero-order chi connectivity index (χ0) is 20.8. The lowest BCUT2D eigenvalue weighted by atomic mass is 10.1. The Bertz CT molecular complexity index is 1140. The van der Waals surface area contributed by atoms with Crippen molar-refractivity contribution in [3.63, 3.8) is 0 Å². The molecular formula is C22H21N5O2S. The summed E-state index contributed by atoms with van der Waals surface area (Å²) >= 11 is 1.35. The number of thioether (sulfide) groups is 1. The molecule has 0 fully saturated rings. The smallest absolute Gasteiger partial charge is 0.234 e. The first-order valence-corrected chi connectivity index (χ1v) is 10.5. The van der Waals surface area contributed by atoms with Crippen LogP contribution in [0.1, 0.15) is 0 Å². The molecule has 0 aliphatic carbocycles. The highest BCUT2D eigenvalue weighted by molar-refractivity contribution is 7.99. The van der Waals surface area contributed by atoms with Gasteiger partial charge in [0.15, 0.2) is 11.0 Å². The molecule has 4 rings (SSSR count). The van der Waals surface area contributed by atoms with Gasteiger partial charge in [0, 0.05) is 36.1 Å². The summed E-state index contributed by atoms with van der Waals surface area (Å²) in [4.78, 5) is 16.7. The largest absolute Gasteiger partial charge is 0.383 e.